The van der Waals surface area contributed by atoms with Gasteiger partial charge in [-0.3, -0.25) is 4.79 Å². The third kappa shape index (κ3) is 3.51. The molecule has 0 spiro atoms. The van der Waals surface area contributed by atoms with Gasteiger partial charge in [-0.25, -0.2) is 4.79 Å². The molecule has 0 bridgehead atoms. The monoisotopic (exact) mass is 227 g/mol. The van der Waals surface area contributed by atoms with Crippen LogP contribution in [0.3, 0.4) is 0 Å². The van der Waals surface area contributed by atoms with E-state index in [9.17, 15) is 9.59 Å². The molecule has 1 aliphatic heterocycles. The maximum Gasteiger partial charge on any atom is 0.326 e. The molecule has 0 aromatic heterocycles. The van der Waals surface area contributed by atoms with Gasteiger partial charge in [-0.15, -0.1) is 0 Å². The Balaban J connectivity index is 2.68. The van der Waals surface area contributed by atoms with Crippen LogP contribution in [-0.2, 0) is 9.59 Å². The number of carboxylic acid groups (broad SMARTS) is 1. The van der Waals surface area contributed by atoms with E-state index >= 15 is 0 Å². The number of likely N-dealkylation sites (tertiary alicyclic amines) is 1. The van der Waals surface area contributed by atoms with Crippen molar-refractivity contribution < 1.29 is 14.7 Å². The summed E-state index contributed by atoms with van der Waals surface area (Å²) in [7, 11) is 0. The Morgan fingerprint density at radius 1 is 1.31 bits per heavy atom. The number of carbonyl (C=O) groups is 2. The Hall–Kier alpha value is -1.06. The predicted molar refractivity (Wildman–Crippen MR) is 61.1 cm³/mol. The minimum absolute atomic E-state index is 0.0281. The van der Waals surface area contributed by atoms with Crippen molar-refractivity contribution in [2.45, 2.75) is 52.5 Å². The molecule has 1 fully saturated rings. The summed E-state index contributed by atoms with van der Waals surface area (Å²) in [6.07, 6.45) is 2.82. The van der Waals surface area contributed by atoms with Crippen LogP contribution in [0.15, 0.2) is 0 Å². The first-order valence-electron chi connectivity index (χ1n) is 5.83. The Labute approximate surface area is 96.6 Å². The lowest BCUT2D eigenvalue weighted by Crippen LogP contribution is -2.48. The maximum absolute atomic E-state index is 12.0. The van der Waals surface area contributed by atoms with E-state index in [1.807, 2.05) is 20.8 Å². The minimum atomic E-state index is -0.873. The average molecular weight is 227 g/mol. The van der Waals surface area contributed by atoms with Crippen molar-refractivity contribution in [1.29, 1.82) is 0 Å². The lowest BCUT2D eigenvalue weighted by atomic mass is 9.90. The normalized spacial score (nSPS) is 21.9. The molecule has 1 atom stereocenters. The number of hydrogen-bond donors (Lipinski definition) is 1. The molecule has 0 aliphatic carbocycles. The van der Waals surface area contributed by atoms with Crippen LogP contribution >= 0.6 is 0 Å². The molecule has 4 nitrogen and oxygen atoms in total. The van der Waals surface area contributed by atoms with Crippen molar-refractivity contribution in [3.63, 3.8) is 0 Å². The minimum Gasteiger partial charge on any atom is -0.480 e. The molecule has 1 heterocycles. The SMILES string of the molecule is CC(C)(C)CC(=O)N1CCCC[C@H]1C(=O)O. The molecule has 1 amide bonds. The van der Waals surface area contributed by atoms with Gasteiger partial charge in [-0.2, -0.15) is 0 Å². The Kier molecular flexibility index (Phi) is 3.94. The third-order valence-electron chi connectivity index (χ3n) is 2.79. The topological polar surface area (TPSA) is 57.6 Å². The largest absolute Gasteiger partial charge is 0.480 e. The number of nitrogens with zero attached hydrogens (tertiary/aromatic N) is 1. The molecule has 0 unspecified atom stereocenters. The molecule has 1 N–H and O–H groups in total. The fourth-order valence-corrected chi connectivity index (χ4v) is 2.04. The van der Waals surface area contributed by atoms with E-state index < -0.39 is 12.0 Å². The Morgan fingerprint density at radius 3 is 2.44 bits per heavy atom. The number of piperidine rings is 1. The smallest absolute Gasteiger partial charge is 0.326 e. The summed E-state index contributed by atoms with van der Waals surface area (Å²) in [6.45, 7) is 6.56. The van der Waals surface area contributed by atoms with Gasteiger partial charge >= 0.3 is 5.97 Å². The van der Waals surface area contributed by atoms with Gasteiger partial charge in [0, 0.05) is 13.0 Å². The van der Waals surface area contributed by atoms with E-state index in [1.54, 1.807) is 0 Å². The molecule has 1 rings (SSSR count). The number of carbonyl (C=O) groups excluding carboxylic acids is 1. The van der Waals surface area contributed by atoms with Crippen LogP contribution in [0.1, 0.15) is 46.5 Å². The van der Waals surface area contributed by atoms with Crippen LogP contribution in [-0.4, -0.2) is 34.5 Å². The van der Waals surface area contributed by atoms with Gasteiger partial charge in [0.15, 0.2) is 0 Å². The molecule has 0 aromatic carbocycles. The van der Waals surface area contributed by atoms with Crippen LogP contribution in [0, 0.1) is 5.41 Å². The molecule has 0 saturated carbocycles. The number of hydrogen-bond acceptors (Lipinski definition) is 2. The molecule has 0 radical (unpaired) electrons. The lowest BCUT2D eigenvalue weighted by molar-refractivity contribution is -0.152. The Morgan fingerprint density at radius 2 is 1.94 bits per heavy atom. The zero-order valence-electron chi connectivity index (χ0n) is 10.3. The highest BCUT2D eigenvalue weighted by molar-refractivity contribution is 5.84. The molecule has 0 aromatic rings. The number of amides is 1. The van der Waals surface area contributed by atoms with E-state index in [4.69, 9.17) is 5.11 Å². The molecular formula is C12H21NO3. The van der Waals surface area contributed by atoms with Gasteiger partial charge in [0.1, 0.15) is 6.04 Å². The van der Waals surface area contributed by atoms with Crippen LogP contribution in [0.2, 0.25) is 0 Å². The van der Waals surface area contributed by atoms with E-state index in [0.29, 0.717) is 19.4 Å². The maximum atomic E-state index is 12.0. The highest BCUT2D eigenvalue weighted by Crippen LogP contribution is 2.24. The standard InChI is InChI=1S/C12H21NO3/c1-12(2,3)8-10(14)13-7-5-4-6-9(13)11(15)16/h9H,4-8H2,1-3H3,(H,15,16)/t9-/m0/s1. The number of carboxylic acids is 1. The van der Waals surface area contributed by atoms with Crippen LogP contribution in [0.5, 0.6) is 0 Å². The molecule has 1 saturated heterocycles. The third-order valence-corrected chi connectivity index (χ3v) is 2.79. The first-order valence-corrected chi connectivity index (χ1v) is 5.83. The van der Waals surface area contributed by atoms with Gasteiger partial charge in [0.05, 0.1) is 0 Å². The van der Waals surface area contributed by atoms with E-state index in [0.717, 1.165) is 12.8 Å². The van der Waals surface area contributed by atoms with Crippen LogP contribution in [0.4, 0.5) is 0 Å². The molecular weight excluding hydrogens is 206 g/mol. The highest BCUT2D eigenvalue weighted by atomic mass is 16.4. The van der Waals surface area contributed by atoms with Gasteiger partial charge in [0.2, 0.25) is 5.91 Å². The first kappa shape index (κ1) is 13.0. The van der Waals surface area contributed by atoms with E-state index in [-0.39, 0.29) is 11.3 Å². The fraction of sp³-hybridized carbons (Fsp3) is 0.833. The van der Waals surface area contributed by atoms with Crippen molar-refractivity contribution in [2.24, 2.45) is 5.41 Å². The van der Waals surface area contributed by atoms with Crippen molar-refractivity contribution in [1.82, 2.24) is 4.90 Å². The summed E-state index contributed by atoms with van der Waals surface area (Å²) >= 11 is 0. The molecule has 92 valence electrons. The first-order chi connectivity index (χ1) is 7.31. The predicted octanol–water partition coefficient (Wildman–Crippen LogP) is 1.89. The average Bonchev–Trinajstić information content (AvgIpc) is 2.15. The quantitative estimate of drug-likeness (QED) is 0.783. The van der Waals surface area contributed by atoms with E-state index in [1.165, 1.54) is 4.90 Å². The number of aliphatic carboxylic acids is 1. The van der Waals surface area contributed by atoms with Gasteiger partial charge in [0.25, 0.3) is 0 Å². The van der Waals surface area contributed by atoms with Gasteiger partial charge < -0.3 is 10.0 Å². The van der Waals surface area contributed by atoms with Crippen molar-refractivity contribution >= 4 is 11.9 Å². The summed E-state index contributed by atoms with van der Waals surface area (Å²) in [5.74, 6) is -0.901. The Bertz CT molecular complexity index is 280. The summed E-state index contributed by atoms with van der Waals surface area (Å²) in [6, 6.07) is -0.608. The van der Waals surface area contributed by atoms with Crippen molar-refractivity contribution in [2.75, 3.05) is 6.54 Å². The zero-order valence-corrected chi connectivity index (χ0v) is 10.3. The summed E-state index contributed by atoms with van der Waals surface area (Å²) in [4.78, 5) is 24.6. The highest BCUT2D eigenvalue weighted by Gasteiger charge is 2.33. The summed E-state index contributed by atoms with van der Waals surface area (Å²) in [5, 5.41) is 9.06. The van der Waals surface area contributed by atoms with Crippen molar-refractivity contribution in [3.8, 4) is 0 Å². The lowest BCUT2D eigenvalue weighted by Gasteiger charge is -2.34. The molecule has 1 aliphatic rings. The van der Waals surface area contributed by atoms with Gasteiger partial charge in [-0.05, 0) is 24.7 Å². The van der Waals surface area contributed by atoms with Crippen LogP contribution < -0.4 is 0 Å². The van der Waals surface area contributed by atoms with Crippen LogP contribution in [0.25, 0.3) is 0 Å². The summed E-state index contributed by atoms with van der Waals surface area (Å²) < 4.78 is 0. The second-order valence-corrected chi connectivity index (χ2v) is 5.67. The van der Waals surface area contributed by atoms with Crippen molar-refractivity contribution in [3.05, 3.63) is 0 Å². The zero-order chi connectivity index (χ0) is 12.3. The molecule has 4 heteroatoms. The fourth-order valence-electron chi connectivity index (χ4n) is 2.04. The number of rotatable bonds is 2. The second-order valence-electron chi connectivity index (χ2n) is 5.67. The molecule has 16 heavy (non-hydrogen) atoms. The second kappa shape index (κ2) is 4.85. The van der Waals surface area contributed by atoms with Gasteiger partial charge in [-0.1, -0.05) is 20.8 Å². The summed E-state index contributed by atoms with van der Waals surface area (Å²) in [5.41, 5.74) is -0.0857. The van der Waals surface area contributed by atoms with E-state index in [2.05, 4.69) is 0 Å².